The number of ether oxygens (including phenoxy) is 1. The molecular weight excluding hydrogens is 199 g/mol. The Balaban J connectivity index is 4.53. The van der Waals surface area contributed by atoms with Gasteiger partial charge in [0.15, 0.2) is 0 Å². The fraction of sp³-hybridized carbons (Fsp3) is 0.625. The maximum Gasteiger partial charge on any atom is 0.431 e. The molecule has 0 spiro atoms. The lowest BCUT2D eigenvalue weighted by molar-refractivity contribution is -0.142. The van der Waals surface area contributed by atoms with Crippen molar-refractivity contribution in [2.45, 2.75) is 26.1 Å². The van der Waals surface area contributed by atoms with Crippen molar-refractivity contribution in [3.05, 3.63) is 11.8 Å². The average Bonchev–Trinajstić information content (AvgIpc) is 1.96. The summed E-state index contributed by atoms with van der Waals surface area (Å²) in [6.45, 7) is 3.11. The summed E-state index contributed by atoms with van der Waals surface area (Å²) in [5, 5.41) is 1.88. The summed E-state index contributed by atoms with van der Waals surface area (Å²) in [5.41, 5.74) is -1.12. The number of hydrogen-bond donors (Lipinski definition) is 1. The molecule has 1 N–H and O–H groups in total. The van der Waals surface area contributed by atoms with Crippen molar-refractivity contribution in [2.75, 3.05) is 7.05 Å². The molecule has 0 aromatic carbocycles. The minimum Gasteiger partial charge on any atom is -0.460 e. The van der Waals surface area contributed by atoms with Crippen LogP contribution in [0, 0.1) is 0 Å². The minimum atomic E-state index is -4.56. The number of esters is 1. The van der Waals surface area contributed by atoms with Crippen LogP contribution >= 0.6 is 0 Å². The number of halogens is 3. The Bertz CT molecular complexity index is 233. The van der Waals surface area contributed by atoms with Gasteiger partial charge in [-0.1, -0.05) is 0 Å². The second-order valence-corrected chi connectivity index (χ2v) is 2.79. The molecular formula is C8H12F3NO2. The third-order valence-corrected chi connectivity index (χ3v) is 1.19. The van der Waals surface area contributed by atoms with E-state index in [-0.39, 0.29) is 0 Å². The molecule has 0 aromatic heterocycles. The zero-order valence-electron chi connectivity index (χ0n) is 8.11. The lowest BCUT2D eigenvalue weighted by atomic mass is 10.4. The summed E-state index contributed by atoms with van der Waals surface area (Å²) in [4.78, 5) is 10.8. The molecule has 82 valence electrons. The number of hydrogen-bond acceptors (Lipinski definition) is 3. The Labute approximate surface area is 79.9 Å². The summed E-state index contributed by atoms with van der Waals surface area (Å²) in [7, 11) is 1.09. The van der Waals surface area contributed by atoms with Crippen molar-refractivity contribution in [3.8, 4) is 0 Å². The number of nitrogens with one attached hydrogen (secondary N) is 1. The number of rotatable bonds is 3. The molecule has 0 radical (unpaired) electrons. The molecule has 0 amide bonds. The number of carbonyl (C=O) groups excluding carboxylic acids is 1. The predicted molar refractivity (Wildman–Crippen MR) is 44.4 cm³/mol. The molecule has 0 aliphatic heterocycles. The van der Waals surface area contributed by atoms with E-state index in [4.69, 9.17) is 0 Å². The lowest BCUT2D eigenvalue weighted by Gasteiger charge is -2.11. The third kappa shape index (κ3) is 4.74. The number of carbonyl (C=O) groups is 1. The van der Waals surface area contributed by atoms with Crippen molar-refractivity contribution >= 4 is 5.97 Å². The molecule has 3 nitrogen and oxygen atoms in total. The van der Waals surface area contributed by atoms with Crippen molar-refractivity contribution in [2.24, 2.45) is 0 Å². The first-order valence-corrected chi connectivity index (χ1v) is 3.94. The normalized spacial score (nSPS) is 12.9. The molecule has 0 rings (SSSR count). The van der Waals surface area contributed by atoms with Gasteiger partial charge < -0.3 is 10.1 Å². The first-order valence-electron chi connectivity index (χ1n) is 3.94. The lowest BCUT2D eigenvalue weighted by Crippen LogP contribution is -2.25. The number of allylic oxidation sites excluding steroid dienone is 1. The summed E-state index contributed by atoms with van der Waals surface area (Å²) >= 11 is 0. The van der Waals surface area contributed by atoms with Gasteiger partial charge in [0.1, 0.15) is 5.70 Å². The Morgan fingerprint density at radius 3 is 2.21 bits per heavy atom. The highest BCUT2D eigenvalue weighted by Gasteiger charge is 2.33. The maximum atomic E-state index is 12.1. The first-order chi connectivity index (χ1) is 6.27. The maximum absolute atomic E-state index is 12.1. The Hall–Kier alpha value is -1.20. The van der Waals surface area contributed by atoms with Crippen LogP contribution in [0.3, 0.4) is 0 Å². The summed E-state index contributed by atoms with van der Waals surface area (Å²) in [6.07, 6.45) is -4.62. The topological polar surface area (TPSA) is 38.3 Å². The van der Waals surface area contributed by atoms with Gasteiger partial charge in [-0.05, 0) is 13.8 Å². The highest BCUT2D eigenvalue weighted by Crippen LogP contribution is 2.22. The summed E-state index contributed by atoms with van der Waals surface area (Å²) < 4.78 is 40.8. The van der Waals surface area contributed by atoms with Gasteiger partial charge in [0.05, 0.1) is 12.2 Å². The van der Waals surface area contributed by atoms with Crippen LogP contribution in [0.25, 0.3) is 0 Å². The highest BCUT2D eigenvalue weighted by atomic mass is 19.4. The van der Waals surface area contributed by atoms with Crippen molar-refractivity contribution in [1.82, 2.24) is 5.32 Å². The van der Waals surface area contributed by atoms with Gasteiger partial charge in [-0.25, -0.2) is 4.79 Å². The van der Waals surface area contributed by atoms with Crippen molar-refractivity contribution in [3.63, 3.8) is 0 Å². The Morgan fingerprint density at radius 1 is 1.43 bits per heavy atom. The highest BCUT2D eigenvalue weighted by molar-refractivity contribution is 5.83. The van der Waals surface area contributed by atoms with Gasteiger partial charge in [0, 0.05) is 7.05 Å². The van der Waals surface area contributed by atoms with Crippen LogP contribution in [0.4, 0.5) is 13.2 Å². The third-order valence-electron chi connectivity index (χ3n) is 1.19. The standard InChI is InChI=1S/C8H12F3NO2/c1-5(2)14-7(13)4-6(12-3)8(9,10)11/h4-5,12H,1-3H3. The number of alkyl halides is 3. The van der Waals surface area contributed by atoms with E-state index in [1.165, 1.54) is 0 Å². The van der Waals surface area contributed by atoms with Crippen LogP contribution in [-0.2, 0) is 9.53 Å². The van der Waals surface area contributed by atoms with E-state index in [9.17, 15) is 18.0 Å². The molecule has 0 heterocycles. The molecule has 0 unspecified atom stereocenters. The van der Waals surface area contributed by atoms with Gasteiger partial charge in [0.25, 0.3) is 0 Å². The van der Waals surface area contributed by atoms with Gasteiger partial charge in [-0.2, -0.15) is 13.2 Å². The monoisotopic (exact) mass is 211 g/mol. The fourth-order valence-electron chi connectivity index (χ4n) is 0.680. The van der Waals surface area contributed by atoms with E-state index in [0.29, 0.717) is 6.08 Å². The molecule has 14 heavy (non-hydrogen) atoms. The van der Waals surface area contributed by atoms with E-state index in [1.54, 1.807) is 13.8 Å². The molecule has 0 saturated carbocycles. The van der Waals surface area contributed by atoms with E-state index in [0.717, 1.165) is 7.05 Å². The second-order valence-electron chi connectivity index (χ2n) is 2.79. The van der Waals surface area contributed by atoms with Crippen LogP contribution in [0.15, 0.2) is 11.8 Å². The SMILES string of the molecule is CNC(=CC(=O)OC(C)C)C(F)(F)F. The van der Waals surface area contributed by atoms with Crippen LogP contribution < -0.4 is 5.32 Å². The van der Waals surface area contributed by atoms with Crippen molar-refractivity contribution in [1.29, 1.82) is 0 Å². The predicted octanol–water partition coefficient (Wildman–Crippen LogP) is 1.60. The zero-order chi connectivity index (χ0) is 11.4. The summed E-state index contributed by atoms with van der Waals surface area (Å²) in [5.74, 6) is -1.01. The van der Waals surface area contributed by atoms with Gasteiger partial charge >= 0.3 is 12.1 Å². The minimum absolute atomic E-state index is 0.389. The zero-order valence-corrected chi connectivity index (χ0v) is 8.11. The van der Waals surface area contributed by atoms with E-state index in [2.05, 4.69) is 4.74 Å². The molecule has 0 aliphatic carbocycles. The van der Waals surface area contributed by atoms with Crippen molar-refractivity contribution < 1.29 is 22.7 Å². The quantitative estimate of drug-likeness (QED) is 0.569. The molecule has 6 heteroatoms. The molecule has 0 atom stereocenters. The van der Waals surface area contributed by atoms with E-state index >= 15 is 0 Å². The second kappa shape index (κ2) is 4.88. The molecule has 0 aromatic rings. The van der Waals surface area contributed by atoms with E-state index < -0.39 is 23.9 Å². The van der Waals surface area contributed by atoms with Crippen LogP contribution in [0.5, 0.6) is 0 Å². The summed E-state index contributed by atoms with van der Waals surface area (Å²) in [6, 6.07) is 0. The molecule has 0 fully saturated rings. The fourth-order valence-corrected chi connectivity index (χ4v) is 0.680. The molecule has 0 aliphatic rings. The first kappa shape index (κ1) is 12.8. The van der Waals surface area contributed by atoms with Crippen LogP contribution in [0.1, 0.15) is 13.8 Å². The molecule has 0 saturated heterocycles. The Morgan fingerprint density at radius 2 is 1.93 bits per heavy atom. The smallest absolute Gasteiger partial charge is 0.431 e. The van der Waals surface area contributed by atoms with Gasteiger partial charge in [-0.3, -0.25) is 0 Å². The van der Waals surface area contributed by atoms with E-state index in [1.807, 2.05) is 5.32 Å². The largest absolute Gasteiger partial charge is 0.460 e. The molecule has 0 bridgehead atoms. The van der Waals surface area contributed by atoms with Crippen LogP contribution in [0.2, 0.25) is 0 Å². The average molecular weight is 211 g/mol. The van der Waals surface area contributed by atoms with Gasteiger partial charge in [-0.15, -0.1) is 0 Å². The Kier molecular flexibility index (Phi) is 4.46. The van der Waals surface area contributed by atoms with Gasteiger partial charge in [0.2, 0.25) is 0 Å². The van der Waals surface area contributed by atoms with Crippen LogP contribution in [-0.4, -0.2) is 25.3 Å².